The summed E-state index contributed by atoms with van der Waals surface area (Å²) in [4.78, 5) is 14.2. The number of carbonyl (C=O) groups excluding carboxylic acids is 1. The third kappa shape index (κ3) is 2.87. The lowest BCUT2D eigenvalue weighted by atomic mass is 10.1. The second kappa shape index (κ2) is 5.57. The van der Waals surface area contributed by atoms with Crippen molar-refractivity contribution in [1.82, 2.24) is 5.16 Å². The molecule has 4 nitrogen and oxygen atoms in total. The summed E-state index contributed by atoms with van der Waals surface area (Å²) in [6.07, 6.45) is 2.10. The second-order valence-corrected chi connectivity index (χ2v) is 5.85. The maximum atomic E-state index is 12.2. The predicted molar refractivity (Wildman–Crippen MR) is 77.0 cm³/mol. The molecule has 0 fully saturated rings. The van der Waals surface area contributed by atoms with Crippen molar-refractivity contribution in [1.29, 1.82) is 0 Å². The van der Waals surface area contributed by atoms with Crippen LogP contribution in [0.2, 0.25) is 0 Å². The highest BCUT2D eigenvalue weighted by atomic mass is 32.1. The smallest absolute Gasteiger partial charge is 0.265 e. The van der Waals surface area contributed by atoms with Gasteiger partial charge in [-0.15, -0.1) is 11.3 Å². The van der Waals surface area contributed by atoms with Crippen LogP contribution in [-0.2, 0) is 6.42 Å². The van der Waals surface area contributed by atoms with Crippen molar-refractivity contribution in [2.45, 2.75) is 40.5 Å². The molecule has 0 spiro atoms. The Hall–Kier alpha value is -1.62. The maximum Gasteiger partial charge on any atom is 0.265 e. The first-order chi connectivity index (χ1) is 9.02. The number of anilines is 1. The molecule has 0 aliphatic rings. The number of amides is 1. The zero-order valence-electron chi connectivity index (χ0n) is 11.7. The van der Waals surface area contributed by atoms with Gasteiger partial charge in [-0.05, 0) is 38.8 Å². The summed E-state index contributed by atoms with van der Waals surface area (Å²) in [5.74, 6) is 0.540. The van der Waals surface area contributed by atoms with Gasteiger partial charge in [-0.25, -0.2) is 0 Å². The van der Waals surface area contributed by atoms with Gasteiger partial charge in [-0.3, -0.25) is 4.79 Å². The second-order valence-electron chi connectivity index (χ2n) is 4.60. The molecule has 0 aromatic carbocycles. The number of aryl methyl sites for hydroxylation is 4. The summed E-state index contributed by atoms with van der Waals surface area (Å²) in [7, 11) is 0. The van der Waals surface area contributed by atoms with Gasteiger partial charge in [0.05, 0.1) is 4.88 Å². The highest BCUT2D eigenvalue weighted by Gasteiger charge is 2.16. The van der Waals surface area contributed by atoms with Gasteiger partial charge in [0, 0.05) is 4.88 Å². The van der Waals surface area contributed by atoms with Crippen molar-refractivity contribution in [2.75, 3.05) is 5.32 Å². The van der Waals surface area contributed by atoms with Gasteiger partial charge >= 0.3 is 0 Å². The van der Waals surface area contributed by atoms with Gasteiger partial charge in [0.15, 0.2) is 5.76 Å². The van der Waals surface area contributed by atoms with E-state index in [-0.39, 0.29) is 5.91 Å². The topological polar surface area (TPSA) is 55.1 Å². The highest BCUT2D eigenvalue weighted by molar-refractivity contribution is 7.14. The average molecular weight is 278 g/mol. The molecule has 0 aliphatic carbocycles. The lowest BCUT2D eigenvalue weighted by Gasteiger charge is -2.01. The molecule has 0 unspecified atom stereocenters. The van der Waals surface area contributed by atoms with Gasteiger partial charge in [0.25, 0.3) is 5.91 Å². The largest absolute Gasteiger partial charge is 0.359 e. The normalized spacial score (nSPS) is 10.7. The SMILES string of the molecule is CCCc1cc(C(=O)Nc2c(C)noc2C)sc1C. The molecule has 0 radical (unpaired) electrons. The Morgan fingerprint density at radius 3 is 2.74 bits per heavy atom. The van der Waals surface area contributed by atoms with Crippen LogP contribution in [0.1, 0.15) is 44.9 Å². The monoisotopic (exact) mass is 278 g/mol. The molecular formula is C14H18N2O2S. The molecule has 2 heterocycles. The van der Waals surface area contributed by atoms with Crippen molar-refractivity contribution in [3.63, 3.8) is 0 Å². The molecule has 0 saturated heterocycles. The summed E-state index contributed by atoms with van der Waals surface area (Å²) in [6.45, 7) is 7.80. The van der Waals surface area contributed by atoms with Gasteiger partial charge in [0.1, 0.15) is 11.4 Å². The number of nitrogens with one attached hydrogen (secondary N) is 1. The molecule has 0 atom stereocenters. The molecule has 0 saturated carbocycles. The standard InChI is InChI=1S/C14H18N2O2S/c1-5-6-11-7-12(19-10(11)4)14(17)15-13-8(2)16-18-9(13)3/h7H,5-6H2,1-4H3,(H,15,17). The number of rotatable bonds is 4. The Kier molecular flexibility index (Phi) is 4.04. The third-order valence-electron chi connectivity index (χ3n) is 3.04. The number of thiophene rings is 1. The van der Waals surface area contributed by atoms with Crippen LogP contribution >= 0.6 is 11.3 Å². The van der Waals surface area contributed by atoms with Crippen LogP contribution in [0.25, 0.3) is 0 Å². The summed E-state index contributed by atoms with van der Waals surface area (Å²) >= 11 is 1.53. The van der Waals surface area contributed by atoms with Crippen molar-refractivity contribution in [3.8, 4) is 0 Å². The lowest BCUT2D eigenvalue weighted by molar-refractivity contribution is 0.103. The zero-order chi connectivity index (χ0) is 14.0. The van der Waals surface area contributed by atoms with E-state index < -0.39 is 0 Å². The van der Waals surface area contributed by atoms with Crippen LogP contribution in [0.5, 0.6) is 0 Å². The van der Waals surface area contributed by atoms with Crippen molar-refractivity contribution < 1.29 is 9.32 Å². The molecule has 2 aromatic rings. The van der Waals surface area contributed by atoms with Gasteiger partial charge in [0.2, 0.25) is 0 Å². The summed E-state index contributed by atoms with van der Waals surface area (Å²) in [5.41, 5.74) is 2.64. The average Bonchev–Trinajstić information content (AvgIpc) is 2.88. The maximum absolute atomic E-state index is 12.2. The summed E-state index contributed by atoms with van der Waals surface area (Å²) in [6, 6.07) is 1.98. The Bertz CT molecular complexity index is 579. The number of aromatic nitrogens is 1. The van der Waals surface area contributed by atoms with E-state index >= 15 is 0 Å². The van der Waals surface area contributed by atoms with E-state index in [4.69, 9.17) is 4.52 Å². The molecule has 19 heavy (non-hydrogen) atoms. The minimum Gasteiger partial charge on any atom is -0.359 e. The first-order valence-corrected chi connectivity index (χ1v) is 7.18. The van der Waals surface area contributed by atoms with E-state index in [0.717, 1.165) is 17.7 Å². The number of hydrogen-bond acceptors (Lipinski definition) is 4. The van der Waals surface area contributed by atoms with Crippen LogP contribution in [0.4, 0.5) is 5.69 Å². The lowest BCUT2D eigenvalue weighted by Crippen LogP contribution is -2.11. The predicted octanol–water partition coefficient (Wildman–Crippen LogP) is 3.87. The molecule has 1 N–H and O–H groups in total. The van der Waals surface area contributed by atoms with E-state index in [9.17, 15) is 4.79 Å². The zero-order valence-corrected chi connectivity index (χ0v) is 12.5. The summed E-state index contributed by atoms with van der Waals surface area (Å²) in [5, 5.41) is 6.70. The van der Waals surface area contributed by atoms with Gasteiger partial charge in [-0.2, -0.15) is 0 Å². The molecule has 0 aliphatic heterocycles. The molecule has 102 valence electrons. The fourth-order valence-electron chi connectivity index (χ4n) is 1.99. The van der Waals surface area contributed by atoms with Crippen LogP contribution in [0.3, 0.4) is 0 Å². The van der Waals surface area contributed by atoms with Crippen molar-refractivity contribution >= 4 is 22.9 Å². The van der Waals surface area contributed by atoms with Crippen LogP contribution in [0, 0.1) is 20.8 Å². The third-order valence-corrected chi connectivity index (χ3v) is 4.13. The van der Waals surface area contributed by atoms with E-state index in [0.29, 0.717) is 17.1 Å². The van der Waals surface area contributed by atoms with E-state index in [1.165, 1.54) is 21.8 Å². The molecule has 5 heteroatoms. The van der Waals surface area contributed by atoms with E-state index in [1.807, 2.05) is 13.0 Å². The molecule has 2 aromatic heterocycles. The molecular weight excluding hydrogens is 260 g/mol. The number of nitrogens with zero attached hydrogens (tertiary/aromatic N) is 1. The van der Waals surface area contributed by atoms with Gasteiger partial charge in [-0.1, -0.05) is 18.5 Å². The molecule has 2 rings (SSSR count). The van der Waals surface area contributed by atoms with Gasteiger partial charge < -0.3 is 9.84 Å². The van der Waals surface area contributed by atoms with E-state index in [1.54, 1.807) is 6.92 Å². The minimum absolute atomic E-state index is 0.0927. The number of carbonyl (C=O) groups is 1. The highest BCUT2D eigenvalue weighted by Crippen LogP contribution is 2.25. The molecule has 0 bridgehead atoms. The first-order valence-electron chi connectivity index (χ1n) is 6.36. The Labute approximate surface area is 116 Å². The number of hydrogen-bond donors (Lipinski definition) is 1. The first kappa shape index (κ1) is 13.8. The Morgan fingerprint density at radius 1 is 1.42 bits per heavy atom. The summed E-state index contributed by atoms with van der Waals surface area (Å²) < 4.78 is 5.04. The minimum atomic E-state index is -0.0927. The fraction of sp³-hybridized carbons (Fsp3) is 0.429. The quantitative estimate of drug-likeness (QED) is 0.923. The van der Waals surface area contributed by atoms with Crippen molar-refractivity contribution in [2.24, 2.45) is 0 Å². The molecule has 1 amide bonds. The van der Waals surface area contributed by atoms with Crippen LogP contribution < -0.4 is 5.32 Å². The Morgan fingerprint density at radius 2 is 2.16 bits per heavy atom. The van der Waals surface area contributed by atoms with Crippen molar-refractivity contribution in [3.05, 3.63) is 32.8 Å². The van der Waals surface area contributed by atoms with E-state index in [2.05, 4.69) is 24.3 Å². The fourth-order valence-corrected chi connectivity index (χ4v) is 2.95. The van der Waals surface area contributed by atoms with Crippen LogP contribution in [0.15, 0.2) is 10.6 Å². The van der Waals surface area contributed by atoms with Crippen LogP contribution in [-0.4, -0.2) is 11.1 Å². The Balaban J connectivity index is 2.18.